The number of likely N-dealkylation sites (tertiary alicyclic amines) is 1. The van der Waals surface area contributed by atoms with E-state index >= 15 is 0 Å². The Kier molecular flexibility index (Phi) is 8.36. The van der Waals surface area contributed by atoms with Gasteiger partial charge in [0.25, 0.3) is 5.91 Å². The molecule has 0 saturated carbocycles. The van der Waals surface area contributed by atoms with Crippen LogP contribution in [0, 0.1) is 5.82 Å². The molecule has 1 fully saturated rings. The number of likely N-dealkylation sites (N-methyl/N-ethyl adjacent to an activating group) is 1. The maximum Gasteiger partial charge on any atom is 0.295 e. The van der Waals surface area contributed by atoms with Crippen molar-refractivity contribution >= 4 is 17.4 Å². The highest BCUT2D eigenvalue weighted by atomic mass is 19.1. The predicted molar refractivity (Wildman–Crippen MR) is 137 cm³/mol. The number of amides is 1. The minimum absolute atomic E-state index is 0.107. The van der Waals surface area contributed by atoms with E-state index in [1.807, 2.05) is 30.3 Å². The van der Waals surface area contributed by atoms with E-state index in [0.717, 1.165) is 18.7 Å². The second kappa shape index (κ2) is 11.8. The molecule has 192 valence electrons. The van der Waals surface area contributed by atoms with E-state index in [0.29, 0.717) is 31.0 Å². The number of ketones is 1. The van der Waals surface area contributed by atoms with Crippen LogP contribution in [0.25, 0.3) is 5.76 Å². The van der Waals surface area contributed by atoms with E-state index < -0.39 is 29.3 Å². The number of ether oxygens (including phenoxy) is 1. The highest BCUT2D eigenvalue weighted by molar-refractivity contribution is 6.46. The van der Waals surface area contributed by atoms with E-state index in [1.54, 1.807) is 24.3 Å². The number of nitrogens with one attached hydrogen (secondary N) is 1. The van der Waals surface area contributed by atoms with Crippen molar-refractivity contribution in [1.82, 2.24) is 4.90 Å². The number of carbonyl (C=O) groups excluding carboxylic acids is 2. The van der Waals surface area contributed by atoms with E-state index in [4.69, 9.17) is 4.74 Å². The number of quaternary nitrogens is 1. The Hall–Kier alpha value is -3.97. The molecule has 4 rings (SSSR count). The Morgan fingerprint density at radius 2 is 1.59 bits per heavy atom. The van der Waals surface area contributed by atoms with Crippen molar-refractivity contribution in [2.45, 2.75) is 26.5 Å². The standard InChI is InChI=1S/C30H31FN2O4/c1-3-32(4-2)18-19-33-27(22-10-14-24(31)15-11-22)26(29(35)30(33)36)28(34)23-12-16-25(17-13-23)37-20-21-8-6-5-7-9-21/h5-17,27,34H,3-4,18-20H2,1-2H3/b28-26+. The molecule has 1 amide bonds. The molecule has 1 heterocycles. The summed E-state index contributed by atoms with van der Waals surface area (Å²) in [7, 11) is 0. The summed E-state index contributed by atoms with van der Waals surface area (Å²) in [5.74, 6) is -1.87. The smallest absolute Gasteiger partial charge is 0.295 e. The lowest BCUT2D eigenvalue weighted by Gasteiger charge is -2.28. The molecule has 7 heteroatoms. The minimum Gasteiger partial charge on any atom is -0.872 e. The Labute approximate surface area is 216 Å². The van der Waals surface area contributed by atoms with Gasteiger partial charge in [-0.3, -0.25) is 9.59 Å². The molecule has 1 saturated heterocycles. The lowest BCUT2D eigenvalue weighted by atomic mass is 9.95. The van der Waals surface area contributed by atoms with Crippen LogP contribution < -0.4 is 14.7 Å². The minimum atomic E-state index is -0.864. The van der Waals surface area contributed by atoms with Crippen LogP contribution in [0.15, 0.2) is 84.4 Å². The van der Waals surface area contributed by atoms with Crippen molar-refractivity contribution in [3.8, 4) is 5.75 Å². The fraction of sp³-hybridized carbons (Fsp3) is 0.267. The second-order valence-electron chi connectivity index (χ2n) is 9.03. The average Bonchev–Trinajstić information content (AvgIpc) is 3.18. The van der Waals surface area contributed by atoms with Crippen LogP contribution in [-0.4, -0.2) is 42.8 Å². The quantitative estimate of drug-likeness (QED) is 0.263. The molecule has 37 heavy (non-hydrogen) atoms. The number of hydrogen-bond donors (Lipinski definition) is 1. The van der Waals surface area contributed by atoms with E-state index in [2.05, 4.69) is 13.8 Å². The Morgan fingerprint density at radius 3 is 2.22 bits per heavy atom. The fourth-order valence-corrected chi connectivity index (χ4v) is 4.57. The zero-order valence-corrected chi connectivity index (χ0v) is 21.1. The molecule has 0 bridgehead atoms. The van der Waals surface area contributed by atoms with Gasteiger partial charge in [-0.15, -0.1) is 0 Å². The van der Waals surface area contributed by atoms with Gasteiger partial charge in [-0.25, -0.2) is 4.39 Å². The molecule has 3 aromatic carbocycles. The first-order valence-corrected chi connectivity index (χ1v) is 12.6. The van der Waals surface area contributed by atoms with Crippen LogP contribution in [0.4, 0.5) is 4.39 Å². The van der Waals surface area contributed by atoms with Gasteiger partial charge in [0.1, 0.15) is 18.2 Å². The lowest BCUT2D eigenvalue weighted by molar-refractivity contribution is -0.895. The van der Waals surface area contributed by atoms with Gasteiger partial charge >= 0.3 is 0 Å². The Bertz CT molecular complexity index is 1250. The zero-order valence-electron chi connectivity index (χ0n) is 21.1. The number of Topliss-reactive ketones (excluding diaryl/α,β-unsaturated/α-hetero) is 1. The molecule has 6 nitrogen and oxygen atoms in total. The van der Waals surface area contributed by atoms with Crippen molar-refractivity contribution in [1.29, 1.82) is 0 Å². The van der Waals surface area contributed by atoms with E-state index in [-0.39, 0.29) is 11.1 Å². The van der Waals surface area contributed by atoms with Crippen molar-refractivity contribution in [2.75, 3.05) is 26.2 Å². The monoisotopic (exact) mass is 502 g/mol. The van der Waals surface area contributed by atoms with Gasteiger partial charge in [0.15, 0.2) is 0 Å². The summed E-state index contributed by atoms with van der Waals surface area (Å²) >= 11 is 0. The molecular formula is C30H31FN2O4. The molecule has 0 aromatic heterocycles. The van der Waals surface area contributed by atoms with Crippen molar-refractivity contribution in [2.24, 2.45) is 0 Å². The first-order valence-electron chi connectivity index (χ1n) is 12.6. The third kappa shape index (κ3) is 5.89. The van der Waals surface area contributed by atoms with Crippen LogP contribution in [0.5, 0.6) is 5.75 Å². The SMILES string of the molecule is CC[NH+](CC)CCN1C(=O)C(=O)/C(=C(/[O-])c2ccc(OCc3ccccc3)cc2)C1c1ccc(F)cc1. The van der Waals surface area contributed by atoms with Crippen molar-refractivity contribution in [3.63, 3.8) is 0 Å². The summed E-state index contributed by atoms with van der Waals surface area (Å²) in [6.45, 7) is 7.20. The van der Waals surface area contributed by atoms with Crippen molar-refractivity contribution < 1.29 is 28.7 Å². The summed E-state index contributed by atoms with van der Waals surface area (Å²) in [4.78, 5) is 28.9. The average molecular weight is 503 g/mol. The lowest BCUT2D eigenvalue weighted by Crippen LogP contribution is -3.12. The number of rotatable bonds is 10. The number of nitrogens with zero attached hydrogens (tertiary/aromatic N) is 1. The second-order valence-corrected chi connectivity index (χ2v) is 9.03. The van der Waals surface area contributed by atoms with E-state index in [9.17, 15) is 19.1 Å². The summed E-state index contributed by atoms with van der Waals surface area (Å²) < 4.78 is 19.5. The zero-order chi connectivity index (χ0) is 26.4. The number of carbonyl (C=O) groups is 2. The van der Waals surface area contributed by atoms with Gasteiger partial charge in [-0.1, -0.05) is 60.4 Å². The third-order valence-corrected chi connectivity index (χ3v) is 6.79. The first-order chi connectivity index (χ1) is 17.9. The highest BCUT2D eigenvalue weighted by Crippen LogP contribution is 2.38. The van der Waals surface area contributed by atoms with Crippen LogP contribution >= 0.6 is 0 Å². The molecule has 0 radical (unpaired) electrons. The summed E-state index contributed by atoms with van der Waals surface area (Å²) in [5, 5.41) is 13.6. The predicted octanol–water partition coefficient (Wildman–Crippen LogP) is 2.55. The molecule has 1 aliphatic heterocycles. The van der Waals surface area contributed by atoms with Crippen LogP contribution in [0.1, 0.15) is 36.6 Å². The largest absolute Gasteiger partial charge is 0.872 e. The maximum atomic E-state index is 13.7. The Balaban J connectivity index is 1.64. The van der Waals surface area contributed by atoms with Gasteiger partial charge in [-0.2, -0.15) is 0 Å². The number of benzene rings is 3. The topological polar surface area (TPSA) is 74.1 Å². The van der Waals surface area contributed by atoms with Gasteiger partial charge in [0, 0.05) is 5.57 Å². The van der Waals surface area contributed by atoms with E-state index in [1.165, 1.54) is 34.1 Å². The normalized spacial score (nSPS) is 17.0. The molecule has 1 N–H and O–H groups in total. The van der Waals surface area contributed by atoms with Crippen LogP contribution in [0.3, 0.4) is 0 Å². The molecule has 1 atom stereocenters. The molecule has 0 spiro atoms. The maximum absolute atomic E-state index is 13.7. The van der Waals surface area contributed by atoms with Crippen molar-refractivity contribution in [3.05, 3.63) is 107 Å². The molecule has 0 aliphatic carbocycles. The summed E-state index contributed by atoms with van der Waals surface area (Å²) in [6, 6.07) is 21.0. The fourth-order valence-electron chi connectivity index (χ4n) is 4.57. The summed E-state index contributed by atoms with van der Waals surface area (Å²) in [6.07, 6.45) is 0. The molecule has 3 aromatic rings. The van der Waals surface area contributed by atoms with Gasteiger partial charge in [-0.05, 0) is 54.8 Å². The van der Waals surface area contributed by atoms with Crippen LogP contribution in [0.2, 0.25) is 0 Å². The molecule has 1 aliphatic rings. The number of hydrogen-bond acceptors (Lipinski definition) is 4. The third-order valence-electron chi connectivity index (χ3n) is 6.79. The summed E-state index contributed by atoms with van der Waals surface area (Å²) in [5.41, 5.74) is 1.72. The van der Waals surface area contributed by atoms with Crippen LogP contribution in [-0.2, 0) is 16.2 Å². The highest BCUT2D eigenvalue weighted by Gasteiger charge is 2.44. The molecule has 1 unspecified atom stereocenters. The molecular weight excluding hydrogens is 471 g/mol. The van der Waals surface area contributed by atoms with Gasteiger partial charge < -0.3 is 19.6 Å². The number of halogens is 1. The first kappa shape index (κ1) is 26.1. The Morgan fingerprint density at radius 1 is 0.946 bits per heavy atom. The van der Waals surface area contributed by atoms with Gasteiger partial charge in [0.2, 0.25) is 5.78 Å². The van der Waals surface area contributed by atoms with Gasteiger partial charge in [0.05, 0.1) is 32.2 Å².